The summed E-state index contributed by atoms with van der Waals surface area (Å²) in [6, 6.07) is 5.90. The van der Waals surface area contributed by atoms with Crippen molar-refractivity contribution in [3.8, 4) is 5.75 Å². The topological polar surface area (TPSA) is 52.3 Å². The van der Waals surface area contributed by atoms with Gasteiger partial charge in [0.05, 0.1) is 0 Å². The van der Waals surface area contributed by atoms with Crippen LogP contribution < -0.4 is 10.5 Å². The first kappa shape index (κ1) is 10.0. The molecule has 0 saturated carbocycles. The number of benzene rings is 1. The van der Waals surface area contributed by atoms with E-state index in [1.54, 1.807) is 31.2 Å². The van der Waals surface area contributed by atoms with Crippen molar-refractivity contribution >= 4 is 17.6 Å². The molecule has 4 heteroatoms. The van der Waals surface area contributed by atoms with Gasteiger partial charge in [-0.1, -0.05) is 11.6 Å². The number of carbonyl (C=O) groups is 1. The first-order valence-electron chi connectivity index (χ1n) is 3.82. The quantitative estimate of drug-likeness (QED) is 0.582. The molecule has 1 aromatic carbocycles. The summed E-state index contributed by atoms with van der Waals surface area (Å²) in [5.74, 6) is -0.00553. The number of carbonyl (C=O) groups excluding carboxylic acids is 1. The lowest BCUT2D eigenvalue weighted by molar-refractivity contribution is -0.135. The molecule has 0 amide bonds. The zero-order valence-electron chi connectivity index (χ0n) is 7.16. The van der Waals surface area contributed by atoms with Gasteiger partial charge in [-0.3, -0.25) is 0 Å². The molecule has 13 heavy (non-hydrogen) atoms. The maximum Gasteiger partial charge on any atom is 0.328 e. The van der Waals surface area contributed by atoms with Crippen LogP contribution >= 0.6 is 11.6 Å². The fourth-order valence-corrected chi connectivity index (χ4v) is 0.838. The van der Waals surface area contributed by atoms with Gasteiger partial charge in [-0.15, -0.1) is 0 Å². The van der Waals surface area contributed by atoms with Gasteiger partial charge >= 0.3 is 5.97 Å². The highest BCUT2D eigenvalue weighted by atomic mass is 35.5. The average Bonchev–Trinajstić information content (AvgIpc) is 2.08. The molecule has 0 aliphatic rings. The molecule has 0 radical (unpaired) electrons. The van der Waals surface area contributed by atoms with Crippen LogP contribution in [-0.4, -0.2) is 12.0 Å². The van der Waals surface area contributed by atoms with Crippen molar-refractivity contribution in [1.82, 2.24) is 0 Å². The van der Waals surface area contributed by atoms with Crippen LogP contribution in [-0.2, 0) is 4.79 Å². The maximum atomic E-state index is 11.0. The van der Waals surface area contributed by atoms with Gasteiger partial charge < -0.3 is 10.5 Å². The van der Waals surface area contributed by atoms with Crippen LogP contribution in [0.5, 0.6) is 5.75 Å². The fraction of sp³-hybridized carbons (Fsp3) is 0.222. The van der Waals surface area contributed by atoms with Crippen LogP contribution in [0, 0.1) is 0 Å². The Kier molecular flexibility index (Phi) is 3.28. The summed E-state index contributed by atoms with van der Waals surface area (Å²) in [6.45, 7) is 1.57. The Hall–Kier alpha value is -1.06. The zero-order chi connectivity index (χ0) is 9.84. The van der Waals surface area contributed by atoms with Crippen molar-refractivity contribution in [2.75, 3.05) is 0 Å². The Balaban J connectivity index is 2.65. The van der Waals surface area contributed by atoms with Crippen molar-refractivity contribution in [2.24, 2.45) is 5.73 Å². The molecule has 1 aromatic rings. The Morgan fingerprint density at radius 2 is 2.00 bits per heavy atom. The maximum absolute atomic E-state index is 11.0. The second-order valence-corrected chi connectivity index (χ2v) is 3.10. The monoisotopic (exact) mass is 199 g/mol. The lowest BCUT2D eigenvalue weighted by Gasteiger charge is -2.05. The highest BCUT2D eigenvalue weighted by Crippen LogP contribution is 2.15. The summed E-state index contributed by atoms with van der Waals surface area (Å²) >= 11 is 5.65. The van der Waals surface area contributed by atoms with E-state index < -0.39 is 12.0 Å². The summed E-state index contributed by atoms with van der Waals surface area (Å²) in [6.07, 6.45) is 0. The molecule has 2 N–H and O–H groups in total. The Labute approximate surface area is 81.4 Å². The highest BCUT2D eigenvalue weighted by molar-refractivity contribution is 6.30. The molecular weight excluding hydrogens is 190 g/mol. The SMILES string of the molecule is C[C@H](N)C(=O)Oc1ccc(Cl)cc1. The summed E-state index contributed by atoms with van der Waals surface area (Å²) < 4.78 is 4.91. The van der Waals surface area contributed by atoms with E-state index in [-0.39, 0.29) is 0 Å². The number of hydrogen-bond acceptors (Lipinski definition) is 3. The van der Waals surface area contributed by atoms with Gasteiger partial charge in [0.2, 0.25) is 0 Å². The van der Waals surface area contributed by atoms with Crippen LogP contribution in [0.25, 0.3) is 0 Å². The van der Waals surface area contributed by atoms with Crippen molar-refractivity contribution in [2.45, 2.75) is 13.0 Å². The second-order valence-electron chi connectivity index (χ2n) is 2.66. The van der Waals surface area contributed by atoms with E-state index in [0.29, 0.717) is 10.8 Å². The normalized spacial score (nSPS) is 12.2. The van der Waals surface area contributed by atoms with Crippen LogP contribution in [0.1, 0.15) is 6.92 Å². The number of nitrogens with two attached hydrogens (primary N) is 1. The number of ether oxygens (including phenoxy) is 1. The predicted molar refractivity (Wildman–Crippen MR) is 50.7 cm³/mol. The molecule has 0 aromatic heterocycles. The van der Waals surface area contributed by atoms with Crippen LogP contribution in [0.15, 0.2) is 24.3 Å². The van der Waals surface area contributed by atoms with Gasteiger partial charge in [-0.05, 0) is 31.2 Å². The van der Waals surface area contributed by atoms with E-state index in [1.165, 1.54) is 0 Å². The first-order valence-corrected chi connectivity index (χ1v) is 4.20. The van der Waals surface area contributed by atoms with Gasteiger partial charge in [0, 0.05) is 5.02 Å². The van der Waals surface area contributed by atoms with Crippen molar-refractivity contribution in [3.05, 3.63) is 29.3 Å². The molecule has 0 heterocycles. The van der Waals surface area contributed by atoms with Crippen LogP contribution in [0.3, 0.4) is 0 Å². The third-order valence-corrected chi connectivity index (χ3v) is 1.66. The molecule has 1 atom stereocenters. The molecule has 0 bridgehead atoms. The highest BCUT2D eigenvalue weighted by Gasteiger charge is 2.09. The Morgan fingerprint density at radius 1 is 1.46 bits per heavy atom. The van der Waals surface area contributed by atoms with E-state index in [9.17, 15) is 4.79 Å². The third kappa shape index (κ3) is 3.05. The number of rotatable bonds is 2. The van der Waals surface area contributed by atoms with Gasteiger partial charge in [0.15, 0.2) is 0 Å². The van der Waals surface area contributed by atoms with Crippen LogP contribution in [0.2, 0.25) is 5.02 Å². The lowest BCUT2D eigenvalue weighted by atomic mass is 10.3. The molecule has 0 aliphatic heterocycles. The van der Waals surface area contributed by atoms with Crippen molar-refractivity contribution in [3.63, 3.8) is 0 Å². The molecule has 70 valence electrons. The molecule has 0 saturated heterocycles. The minimum atomic E-state index is -0.615. The fourth-order valence-electron chi connectivity index (χ4n) is 0.712. The zero-order valence-corrected chi connectivity index (χ0v) is 7.91. The minimum Gasteiger partial charge on any atom is -0.425 e. The second kappa shape index (κ2) is 4.25. The van der Waals surface area contributed by atoms with E-state index in [4.69, 9.17) is 22.1 Å². The summed E-state index contributed by atoms with van der Waals surface area (Å²) in [7, 11) is 0. The predicted octanol–water partition coefficient (Wildman–Crippen LogP) is 1.59. The Bertz CT molecular complexity index is 295. The Morgan fingerprint density at radius 3 is 2.46 bits per heavy atom. The number of esters is 1. The van der Waals surface area contributed by atoms with E-state index >= 15 is 0 Å². The average molecular weight is 200 g/mol. The molecule has 0 fully saturated rings. The minimum absolute atomic E-state index is 0.451. The lowest BCUT2D eigenvalue weighted by Crippen LogP contribution is -2.30. The van der Waals surface area contributed by atoms with Gasteiger partial charge in [0.1, 0.15) is 11.8 Å². The van der Waals surface area contributed by atoms with Gasteiger partial charge in [-0.2, -0.15) is 0 Å². The molecule has 0 aliphatic carbocycles. The van der Waals surface area contributed by atoms with E-state index in [0.717, 1.165) is 0 Å². The molecule has 1 rings (SSSR count). The molecule has 0 unspecified atom stereocenters. The van der Waals surface area contributed by atoms with E-state index in [1.807, 2.05) is 0 Å². The van der Waals surface area contributed by atoms with Crippen molar-refractivity contribution in [1.29, 1.82) is 0 Å². The van der Waals surface area contributed by atoms with E-state index in [2.05, 4.69) is 0 Å². The smallest absolute Gasteiger partial charge is 0.328 e. The van der Waals surface area contributed by atoms with Gasteiger partial charge in [0.25, 0.3) is 0 Å². The number of hydrogen-bond donors (Lipinski definition) is 1. The third-order valence-electron chi connectivity index (χ3n) is 1.40. The molecule has 3 nitrogen and oxygen atoms in total. The molecule has 0 spiro atoms. The van der Waals surface area contributed by atoms with Gasteiger partial charge in [-0.25, -0.2) is 4.79 Å². The largest absolute Gasteiger partial charge is 0.425 e. The van der Waals surface area contributed by atoms with Crippen molar-refractivity contribution < 1.29 is 9.53 Å². The standard InChI is InChI=1S/C9H10ClNO2/c1-6(11)9(12)13-8-4-2-7(10)3-5-8/h2-6H,11H2,1H3/t6-/m0/s1. The number of halogens is 1. The summed E-state index contributed by atoms with van der Waals surface area (Å²) in [5.41, 5.74) is 5.31. The first-order chi connectivity index (χ1) is 6.09. The molecular formula is C9H10ClNO2. The van der Waals surface area contributed by atoms with Crippen LogP contribution in [0.4, 0.5) is 0 Å². The summed E-state index contributed by atoms with van der Waals surface area (Å²) in [4.78, 5) is 11.0. The summed E-state index contributed by atoms with van der Waals surface area (Å²) in [5, 5.41) is 0.598.